The van der Waals surface area contributed by atoms with Crippen LogP contribution >= 0.6 is 0 Å². The van der Waals surface area contributed by atoms with Crippen molar-refractivity contribution < 1.29 is 23.5 Å². The Morgan fingerprint density at radius 2 is 1.86 bits per heavy atom. The molecule has 8 nitrogen and oxygen atoms in total. The van der Waals surface area contributed by atoms with Crippen LogP contribution in [-0.4, -0.2) is 99.5 Å². The molecular formula is C26H31F2N5O3. The molecule has 3 amide bonds. The van der Waals surface area contributed by atoms with E-state index in [1.165, 1.54) is 22.9 Å². The Kier molecular flexibility index (Phi) is 6.65. The molecule has 0 radical (unpaired) electrons. The fourth-order valence-electron chi connectivity index (χ4n) is 5.14. The van der Waals surface area contributed by atoms with Gasteiger partial charge in [-0.15, -0.1) is 0 Å². The molecule has 5 rings (SSSR count). The second kappa shape index (κ2) is 9.74. The number of amides is 3. The highest BCUT2D eigenvalue weighted by atomic mass is 19.3. The molecule has 36 heavy (non-hydrogen) atoms. The average Bonchev–Trinajstić information content (AvgIpc) is 3.16. The maximum Gasteiger partial charge on any atom is 0.320 e. The summed E-state index contributed by atoms with van der Waals surface area (Å²) in [7, 11) is 0. The summed E-state index contributed by atoms with van der Waals surface area (Å²) in [6, 6.07) is 9.57. The van der Waals surface area contributed by atoms with Gasteiger partial charge >= 0.3 is 6.03 Å². The summed E-state index contributed by atoms with van der Waals surface area (Å²) in [5.41, 5.74) is 4.76. The summed E-state index contributed by atoms with van der Waals surface area (Å²) < 4.78 is 26.0. The highest BCUT2D eigenvalue weighted by Crippen LogP contribution is 2.28. The van der Waals surface area contributed by atoms with E-state index in [-0.39, 0.29) is 24.7 Å². The maximum atomic E-state index is 13.0. The van der Waals surface area contributed by atoms with Gasteiger partial charge in [-0.25, -0.2) is 13.6 Å². The zero-order valence-electron chi connectivity index (χ0n) is 20.4. The van der Waals surface area contributed by atoms with Crippen LogP contribution in [-0.2, 0) is 19.5 Å². The summed E-state index contributed by atoms with van der Waals surface area (Å²) >= 11 is 0. The van der Waals surface area contributed by atoms with E-state index in [9.17, 15) is 23.5 Å². The number of urea groups is 1. The number of nitrogens with zero attached hydrogens (tertiary/aromatic N) is 5. The lowest BCUT2D eigenvalue weighted by Crippen LogP contribution is -2.58. The van der Waals surface area contributed by atoms with Crippen LogP contribution in [0.3, 0.4) is 0 Å². The predicted molar refractivity (Wildman–Crippen MR) is 129 cm³/mol. The minimum atomic E-state index is -2.81. The number of halogens is 2. The fraction of sp³-hybridized carbons (Fsp3) is 0.500. The largest absolute Gasteiger partial charge is 0.390 e. The highest BCUT2D eigenvalue weighted by molar-refractivity contribution is 5.94. The minimum Gasteiger partial charge on any atom is -0.390 e. The van der Waals surface area contributed by atoms with Crippen LogP contribution in [0.15, 0.2) is 36.5 Å². The van der Waals surface area contributed by atoms with E-state index in [1.807, 2.05) is 0 Å². The molecule has 0 aliphatic carbocycles. The zero-order valence-corrected chi connectivity index (χ0v) is 20.4. The molecule has 1 atom stereocenters. The van der Waals surface area contributed by atoms with Crippen LogP contribution in [0.25, 0.3) is 0 Å². The third-order valence-corrected chi connectivity index (χ3v) is 7.09. The number of benzene rings is 1. The van der Waals surface area contributed by atoms with Gasteiger partial charge in [0.2, 0.25) is 0 Å². The van der Waals surface area contributed by atoms with E-state index in [1.54, 1.807) is 21.9 Å². The SMILES string of the molecule is Cc1ccc2c(c1)CN(C[C@@H](O)CN1CCN(Cc3ccc(C(=O)N4CC(F)(F)C4)cn3)C1=O)CC2. The summed E-state index contributed by atoms with van der Waals surface area (Å²) in [6.45, 7) is 4.75. The zero-order chi connectivity index (χ0) is 25.4. The predicted octanol–water partition coefficient (Wildman–Crippen LogP) is 2.14. The van der Waals surface area contributed by atoms with Crippen LogP contribution in [0.4, 0.5) is 13.6 Å². The lowest BCUT2D eigenvalue weighted by molar-refractivity contribution is -0.113. The van der Waals surface area contributed by atoms with E-state index in [2.05, 4.69) is 35.0 Å². The molecule has 2 saturated heterocycles. The number of pyridine rings is 1. The molecule has 1 aromatic carbocycles. The minimum absolute atomic E-state index is 0.154. The van der Waals surface area contributed by atoms with Crippen molar-refractivity contribution in [2.45, 2.75) is 38.5 Å². The number of β-amino-alcohol motifs (C(OH)–C–C–N with tert-alkyl or cyclic N) is 1. The fourth-order valence-corrected chi connectivity index (χ4v) is 5.14. The quantitative estimate of drug-likeness (QED) is 0.632. The van der Waals surface area contributed by atoms with Crippen LogP contribution in [0.1, 0.15) is 32.7 Å². The summed E-state index contributed by atoms with van der Waals surface area (Å²) in [5.74, 6) is -3.28. The monoisotopic (exact) mass is 499 g/mol. The number of fused-ring (bicyclic) bond motifs is 1. The molecule has 10 heteroatoms. The Hall–Kier alpha value is -3.11. The molecule has 3 aliphatic rings. The Balaban J connectivity index is 1.09. The second-order valence-corrected chi connectivity index (χ2v) is 10.1. The van der Waals surface area contributed by atoms with Gasteiger partial charge in [0.15, 0.2) is 0 Å². The molecule has 0 spiro atoms. The number of alkyl halides is 2. The number of hydrogen-bond acceptors (Lipinski definition) is 5. The maximum absolute atomic E-state index is 13.0. The van der Waals surface area contributed by atoms with Crippen LogP contribution < -0.4 is 0 Å². The van der Waals surface area contributed by atoms with Gasteiger partial charge in [-0.1, -0.05) is 23.8 Å². The van der Waals surface area contributed by atoms with Gasteiger partial charge in [0.1, 0.15) is 0 Å². The first-order valence-electron chi connectivity index (χ1n) is 12.3. The van der Waals surface area contributed by atoms with Gasteiger partial charge < -0.3 is 19.8 Å². The van der Waals surface area contributed by atoms with Gasteiger partial charge in [-0.2, -0.15) is 0 Å². The molecule has 4 heterocycles. The van der Waals surface area contributed by atoms with Gasteiger partial charge in [0, 0.05) is 45.5 Å². The molecule has 0 unspecified atom stereocenters. The molecule has 0 bridgehead atoms. The van der Waals surface area contributed by atoms with Crippen molar-refractivity contribution in [3.05, 3.63) is 64.5 Å². The van der Waals surface area contributed by atoms with E-state index >= 15 is 0 Å². The van der Waals surface area contributed by atoms with E-state index in [0.717, 1.165) is 24.4 Å². The van der Waals surface area contributed by atoms with E-state index in [0.29, 0.717) is 25.3 Å². The Morgan fingerprint density at radius 3 is 2.58 bits per heavy atom. The van der Waals surface area contributed by atoms with Crippen LogP contribution in [0, 0.1) is 6.92 Å². The van der Waals surface area contributed by atoms with Gasteiger partial charge in [0.05, 0.1) is 37.0 Å². The third-order valence-electron chi connectivity index (χ3n) is 7.09. The number of aryl methyl sites for hydroxylation is 1. The second-order valence-electron chi connectivity index (χ2n) is 10.1. The number of aliphatic hydroxyl groups is 1. The Labute approximate surface area is 209 Å². The number of carbonyl (C=O) groups is 2. The van der Waals surface area contributed by atoms with Crippen molar-refractivity contribution in [2.75, 3.05) is 45.8 Å². The number of likely N-dealkylation sites (tertiary alicyclic amines) is 1. The summed E-state index contributed by atoms with van der Waals surface area (Å²) in [6.07, 6.45) is 1.69. The topological polar surface area (TPSA) is 80.2 Å². The molecule has 192 valence electrons. The standard InChI is InChI=1S/C26H31F2N5O3/c1-18-2-3-19-6-7-30(12-21(19)10-18)14-23(34)15-32-9-8-31(25(32)36)13-22-5-4-20(11-29-22)24(35)33-16-26(27,28)17-33/h2-5,10-11,23,34H,6-9,12-17H2,1H3/t23-/m1/s1. The summed E-state index contributed by atoms with van der Waals surface area (Å²) in [5, 5.41) is 10.7. The van der Waals surface area contributed by atoms with Gasteiger partial charge in [-0.3, -0.25) is 14.7 Å². The summed E-state index contributed by atoms with van der Waals surface area (Å²) in [4.78, 5) is 36.0. The molecule has 0 saturated carbocycles. The van der Waals surface area contributed by atoms with Gasteiger partial charge in [0.25, 0.3) is 11.8 Å². The van der Waals surface area contributed by atoms with Gasteiger partial charge in [-0.05, 0) is 36.6 Å². The number of aliphatic hydroxyl groups excluding tert-OH is 1. The molecule has 1 aromatic heterocycles. The molecule has 2 fully saturated rings. The molecule has 2 aromatic rings. The molecule has 1 N–H and O–H groups in total. The lowest BCUT2D eigenvalue weighted by atomic mass is 9.97. The number of hydrogen-bond donors (Lipinski definition) is 1. The number of aromatic nitrogens is 1. The van der Waals surface area contributed by atoms with Crippen molar-refractivity contribution in [3.63, 3.8) is 0 Å². The van der Waals surface area contributed by atoms with Crippen molar-refractivity contribution in [1.82, 2.24) is 24.6 Å². The molecule has 3 aliphatic heterocycles. The van der Waals surface area contributed by atoms with Crippen LogP contribution in [0.5, 0.6) is 0 Å². The van der Waals surface area contributed by atoms with E-state index < -0.39 is 31.0 Å². The van der Waals surface area contributed by atoms with Crippen molar-refractivity contribution in [2.24, 2.45) is 0 Å². The number of rotatable bonds is 7. The smallest absolute Gasteiger partial charge is 0.320 e. The van der Waals surface area contributed by atoms with Crippen molar-refractivity contribution in [1.29, 1.82) is 0 Å². The first kappa shape index (κ1) is 24.6. The van der Waals surface area contributed by atoms with Crippen molar-refractivity contribution >= 4 is 11.9 Å². The average molecular weight is 500 g/mol. The first-order chi connectivity index (χ1) is 17.2. The Bertz CT molecular complexity index is 1130. The normalized spacial score (nSPS) is 20.3. The molecular weight excluding hydrogens is 468 g/mol. The lowest BCUT2D eigenvalue weighted by Gasteiger charge is -2.38. The Morgan fingerprint density at radius 1 is 1.08 bits per heavy atom. The third kappa shape index (κ3) is 5.34. The number of carbonyl (C=O) groups excluding carboxylic acids is 2. The first-order valence-corrected chi connectivity index (χ1v) is 12.3. The van der Waals surface area contributed by atoms with Crippen molar-refractivity contribution in [3.8, 4) is 0 Å². The van der Waals surface area contributed by atoms with Crippen LogP contribution in [0.2, 0.25) is 0 Å². The van der Waals surface area contributed by atoms with E-state index in [4.69, 9.17) is 0 Å². The highest BCUT2D eigenvalue weighted by Gasteiger charge is 2.46.